The monoisotopic (exact) mass is 457 g/mol. The second kappa shape index (κ2) is 9.79. The molecule has 0 aromatic heterocycles. The van der Waals surface area contributed by atoms with Gasteiger partial charge in [0.2, 0.25) is 0 Å². The van der Waals surface area contributed by atoms with Crippen LogP contribution in [-0.2, 0) is 13.2 Å². The summed E-state index contributed by atoms with van der Waals surface area (Å²) in [7, 11) is 0. The Morgan fingerprint density at radius 1 is 0.897 bits per heavy atom. The lowest BCUT2D eigenvalue weighted by Crippen LogP contribution is -2.05. The number of nitrogens with one attached hydrogen (secondary N) is 1. The molecule has 3 rings (SSSR count). The summed E-state index contributed by atoms with van der Waals surface area (Å²) in [5, 5.41) is 3.45. The van der Waals surface area contributed by atoms with Crippen molar-refractivity contribution in [3.63, 3.8) is 0 Å². The van der Waals surface area contributed by atoms with Gasteiger partial charge in [-0.1, -0.05) is 40.2 Å². The number of aryl methyl sites for hydroxylation is 2. The molecular weight excluding hydrogens is 433 g/mol. The summed E-state index contributed by atoms with van der Waals surface area (Å²) in [5.41, 5.74) is 5.14. The van der Waals surface area contributed by atoms with Crippen LogP contribution in [0.3, 0.4) is 0 Å². The molecule has 0 saturated heterocycles. The van der Waals surface area contributed by atoms with Crippen LogP contribution in [-0.4, -0.2) is 6.61 Å². The molecule has 0 radical (unpaired) electrons. The maximum atomic E-state index is 13.9. The molecule has 0 bridgehead atoms. The third-order valence-corrected chi connectivity index (χ3v) is 5.48. The molecule has 0 fully saturated rings. The SMILES string of the molecule is CCOc1cc(CNc2ccc(C)c(C)c2)c(Br)cc1OCc1ccccc1F. The maximum Gasteiger partial charge on any atom is 0.162 e. The lowest BCUT2D eigenvalue weighted by atomic mass is 10.1. The lowest BCUT2D eigenvalue weighted by Gasteiger charge is -2.16. The van der Waals surface area contributed by atoms with Crippen molar-refractivity contribution in [2.75, 3.05) is 11.9 Å². The highest BCUT2D eigenvalue weighted by Gasteiger charge is 2.12. The fourth-order valence-electron chi connectivity index (χ4n) is 2.91. The summed E-state index contributed by atoms with van der Waals surface area (Å²) in [4.78, 5) is 0. The molecule has 3 aromatic carbocycles. The first-order valence-corrected chi connectivity index (χ1v) is 10.4. The number of ether oxygens (including phenoxy) is 2. The van der Waals surface area contributed by atoms with E-state index >= 15 is 0 Å². The van der Waals surface area contributed by atoms with E-state index in [2.05, 4.69) is 53.3 Å². The first-order chi connectivity index (χ1) is 14.0. The number of benzene rings is 3. The van der Waals surface area contributed by atoms with Crippen LogP contribution in [0, 0.1) is 19.7 Å². The number of rotatable bonds is 8. The van der Waals surface area contributed by atoms with Crippen molar-refractivity contribution in [3.05, 3.63) is 87.1 Å². The van der Waals surface area contributed by atoms with Crippen LogP contribution in [0.25, 0.3) is 0 Å². The van der Waals surface area contributed by atoms with E-state index in [1.54, 1.807) is 18.2 Å². The van der Waals surface area contributed by atoms with Crippen LogP contribution in [0.4, 0.5) is 10.1 Å². The van der Waals surface area contributed by atoms with Gasteiger partial charge in [0.15, 0.2) is 11.5 Å². The van der Waals surface area contributed by atoms with E-state index in [1.807, 2.05) is 19.1 Å². The Hall–Kier alpha value is -2.53. The zero-order chi connectivity index (χ0) is 20.8. The van der Waals surface area contributed by atoms with Crippen molar-refractivity contribution in [2.45, 2.75) is 33.9 Å². The van der Waals surface area contributed by atoms with Gasteiger partial charge < -0.3 is 14.8 Å². The molecule has 0 atom stereocenters. The molecule has 0 aliphatic carbocycles. The van der Waals surface area contributed by atoms with Gasteiger partial charge in [0.05, 0.1) is 6.61 Å². The minimum atomic E-state index is -0.279. The molecule has 0 aliphatic heterocycles. The van der Waals surface area contributed by atoms with E-state index in [4.69, 9.17) is 9.47 Å². The summed E-state index contributed by atoms with van der Waals surface area (Å²) < 4.78 is 26.4. The van der Waals surface area contributed by atoms with Crippen molar-refractivity contribution < 1.29 is 13.9 Å². The molecule has 1 N–H and O–H groups in total. The predicted octanol–water partition coefficient (Wildman–Crippen LogP) is 6.79. The van der Waals surface area contributed by atoms with Crippen LogP contribution in [0.1, 0.15) is 29.2 Å². The molecule has 0 amide bonds. The minimum Gasteiger partial charge on any atom is -0.490 e. The molecule has 0 unspecified atom stereocenters. The molecule has 152 valence electrons. The standard InChI is InChI=1S/C24H25BrFNO2/c1-4-28-23-12-19(14-27-20-10-9-16(2)17(3)11-20)21(25)13-24(23)29-15-18-7-5-6-8-22(18)26/h5-13,27H,4,14-15H2,1-3H3. The van der Waals surface area contributed by atoms with Gasteiger partial charge in [-0.05, 0) is 67.8 Å². The molecule has 29 heavy (non-hydrogen) atoms. The Morgan fingerprint density at radius 3 is 2.38 bits per heavy atom. The average molecular weight is 458 g/mol. The van der Waals surface area contributed by atoms with Gasteiger partial charge in [-0.3, -0.25) is 0 Å². The number of hydrogen-bond acceptors (Lipinski definition) is 3. The highest BCUT2D eigenvalue weighted by molar-refractivity contribution is 9.10. The van der Waals surface area contributed by atoms with E-state index < -0.39 is 0 Å². The van der Waals surface area contributed by atoms with E-state index in [-0.39, 0.29) is 12.4 Å². The van der Waals surface area contributed by atoms with Crippen LogP contribution in [0.2, 0.25) is 0 Å². The largest absolute Gasteiger partial charge is 0.490 e. The first kappa shape index (κ1) is 21.2. The van der Waals surface area contributed by atoms with E-state index in [1.165, 1.54) is 17.2 Å². The maximum absolute atomic E-state index is 13.9. The van der Waals surface area contributed by atoms with Crippen molar-refractivity contribution in [1.29, 1.82) is 0 Å². The second-order valence-corrected chi connectivity index (χ2v) is 7.71. The van der Waals surface area contributed by atoms with Crippen molar-refractivity contribution in [1.82, 2.24) is 0 Å². The minimum absolute atomic E-state index is 0.138. The smallest absolute Gasteiger partial charge is 0.162 e. The Kier molecular flexibility index (Phi) is 7.15. The fourth-order valence-corrected chi connectivity index (χ4v) is 3.38. The third-order valence-electron chi connectivity index (χ3n) is 4.74. The lowest BCUT2D eigenvalue weighted by molar-refractivity contribution is 0.265. The molecular formula is C24H25BrFNO2. The van der Waals surface area contributed by atoms with Crippen LogP contribution in [0.5, 0.6) is 11.5 Å². The van der Waals surface area contributed by atoms with Crippen molar-refractivity contribution >= 4 is 21.6 Å². The zero-order valence-corrected chi connectivity index (χ0v) is 18.5. The van der Waals surface area contributed by atoms with Gasteiger partial charge >= 0.3 is 0 Å². The Morgan fingerprint density at radius 2 is 1.66 bits per heavy atom. The average Bonchev–Trinajstić information content (AvgIpc) is 2.70. The number of anilines is 1. The van der Waals surface area contributed by atoms with Crippen LogP contribution >= 0.6 is 15.9 Å². The van der Waals surface area contributed by atoms with E-state index in [0.717, 1.165) is 15.7 Å². The van der Waals surface area contributed by atoms with E-state index in [9.17, 15) is 4.39 Å². The molecule has 3 aromatic rings. The van der Waals surface area contributed by atoms with Gasteiger partial charge in [0, 0.05) is 22.3 Å². The Bertz CT molecular complexity index is 991. The van der Waals surface area contributed by atoms with Crippen molar-refractivity contribution in [2.24, 2.45) is 0 Å². The fraction of sp³-hybridized carbons (Fsp3) is 0.250. The molecule has 0 aliphatic rings. The summed E-state index contributed by atoms with van der Waals surface area (Å²) in [5.74, 6) is 0.944. The quantitative estimate of drug-likeness (QED) is 0.403. The number of halogens is 2. The summed E-state index contributed by atoms with van der Waals surface area (Å²) in [6, 6.07) is 16.8. The van der Waals surface area contributed by atoms with E-state index in [0.29, 0.717) is 30.2 Å². The number of hydrogen-bond donors (Lipinski definition) is 1. The van der Waals surface area contributed by atoms with Crippen molar-refractivity contribution in [3.8, 4) is 11.5 Å². The highest BCUT2D eigenvalue weighted by atomic mass is 79.9. The topological polar surface area (TPSA) is 30.5 Å². The van der Waals surface area contributed by atoms with Gasteiger partial charge in [0.25, 0.3) is 0 Å². The van der Waals surface area contributed by atoms with Crippen LogP contribution < -0.4 is 14.8 Å². The summed E-state index contributed by atoms with van der Waals surface area (Å²) in [6.45, 7) is 7.42. The second-order valence-electron chi connectivity index (χ2n) is 6.86. The molecule has 0 saturated carbocycles. The summed E-state index contributed by atoms with van der Waals surface area (Å²) >= 11 is 3.62. The predicted molar refractivity (Wildman–Crippen MR) is 119 cm³/mol. The Labute approximate surface area is 180 Å². The Balaban J connectivity index is 1.76. The van der Waals surface area contributed by atoms with Gasteiger partial charge in [-0.15, -0.1) is 0 Å². The van der Waals surface area contributed by atoms with Crippen LogP contribution in [0.15, 0.2) is 59.1 Å². The van der Waals surface area contributed by atoms with Gasteiger partial charge in [-0.25, -0.2) is 4.39 Å². The normalized spacial score (nSPS) is 10.7. The molecule has 0 spiro atoms. The zero-order valence-electron chi connectivity index (χ0n) is 16.9. The third kappa shape index (κ3) is 5.51. The molecule has 5 heteroatoms. The highest BCUT2D eigenvalue weighted by Crippen LogP contribution is 2.35. The summed E-state index contributed by atoms with van der Waals surface area (Å²) in [6.07, 6.45) is 0. The van der Waals surface area contributed by atoms with Gasteiger partial charge in [-0.2, -0.15) is 0 Å². The molecule has 0 heterocycles. The first-order valence-electron chi connectivity index (χ1n) is 9.60. The van der Waals surface area contributed by atoms with Gasteiger partial charge in [0.1, 0.15) is 12.4 Å². The molecule has 3 nitrogen and oxygen atoms in total.